The normalized spacial score (nSPS) is 23.6. The van der Waals surface area contributed by atoms with Gasteiger partial charge in [-0.25, -0.2) is 4.68 Å². The molecule has 0 aliphatic heterocycles. The van der Waals surface area contributed by atoms with E-state index in [4.69, 9.17) is 0 Å². The Hall–Kier alpha value is -0.900. The molecule has 1 aromatic heterocycles. The van der Waals surface area contributed by atoms with E-state index in [2.05, 4.69) is 44.9 Å². The SMILES string of the molecule is CCCn1nncc1C(O)C1C(C)(C)C1(C)C. The van der Waals surface area contributed by atoms with Gasteiger partial charge in [0.05, 0.1) is 11.9 Å². The van der Waals surface area contributed by atoms with Crippen molar-refractivity contribution in [1.29, 1.82) is 0 Å². The molecular weight excluding hydrogens is 214 g/mol. The van der Waals surface area contributed by atoms with Crippen molar-refractivity contribution in [2.75, 3.05) is 0 Å². The zero-order valence-corrected chi connectivity index (χ0v) is 11.4. The molecule has 0 bridgehead atoms. The van der Waals surface area contributed by atoms with Crippen LogP contribution in [-0.4, -0.2) is 20.1 Å². The topological polar surface area (TPSA) is 50.9 Å². The lowest BCUT2D eigenvalue weighted by Gasteiger charge is -2.13. The number of aromatic nitrogens is 3. The summed E-state index contributed by atoms with van der Waals surface area (Å²) in [5.41, 5.74) is 1.21. The zero-order chi connectivity index (χ0) is 12.8. The zero-order valence-electron chi connectivity index (χ0n) is 11.4. The molecule has 1 atom stereocenters. The van der Waals surface area contributed by atoms with E-state index < -0.39 is 6.10 Å². The van der Waals surface area contributed by atoms with Crippen molar-refractivity contribution in [2.24, 2.45) is 16.7 Å². The molecule has 0 saturated heterocycles. The van der Waals surface area contributed by atoms with Gasteiger partial charge in [0.2, 0.25) is 0 Å². The lowest BCUT2D eigenvalue weighted by atomic mass is 10.0. The summed E-state index contributed by atoms with van der Waals surface area (Å²) in [5, 5.41) is 18.5. The summed E-state index contributed by atoms with van der Waals surface area (Å²) in [5.74, 6) is 0.282. The molecule has 4 heteroatoms. The first kappa shape index (κ1) is 12.6. The van der Waals surface area contributed by atoms with Crippen molar-refractivity contribution in [3.63, 3.8) is 0 Å². The summed E-state index contributed by atoms with van der Waals surface area (Å²) in [6.07, 6.45) is 2.24. The standard InChI is InChI=1S/C13H23N3O/c1-6-7-16-9(8-14-15-16)10(17)11-12(2,3)13(11,4)5/h8,10-11,17H,6-7H2,1-5H3. The second-order valence-corrected chi connectivity index (χ2v) is 6.25. The van der Waals surface area contributed by atoms with Gasteiger partial charge in [0.1, 0.15) is 6.10 Å². The van der Waals surface area contributed by atoms with E-state index >= 15 is 0 Å². The molecule has 1 aliphatic rings. The van der Waals surface area contributed by atoms with E-state index in [1.165, 1.54) is 0 Å². The Kier molecular flexibility index (Phi) is 2.81. The number of aryl methyl sites for hydroxylation is 1. The minimum absolute atomic E-state index is 0.174. The van der Waals surface area contributed by atoms with Crippen molar-refractivity contribution >= 4 is 0 Å². The predicted octanol–water partition coefficient (Wildman–Crippen LogP) is 2.40. The molecule has 0 amide bonds. The summed E-state index contributed by atoms with van der Waals surface area (Å²) in [7, 11) is 0. The number of rotatable bonds is 4. The van der Waals surface area contributed by atoms with Crippen molar-refractivity contribution in [1.82, 2.24) is 15.0 Å². The van der Waals surface area contributed by atoms with Gasteiger partial charge in [-0.05, 0) is 17.3 Å². The maximum absolute atomic E-state index is 10.5. The van der Waals surface area contributed by atoms with E-state index in [0.717, 1.165) is 18.7 Å². The fourth-order valence-electron chi connectivity index (χ4n) is 3.09. The van der Waals surface area contributed by atoms with Crippen LogP contribution in [0.4, 0.5) is 0 Å². The number of nitrogens with zero attached hydrogens (tertiary/aromatic N) is 3. The monoisotopic (exact) mass is 237 g/mol. The maximum Gasteiger partial charge on any atom is 0.101 e. The van der Waals surface area contributed by atoms with Crippen LogP contribution in [0.3, 0.4) is 0 Å². The second-order valence-electron chi connectivity index (χ2n) is 6.25. The fraction of sp³-hybridized carbons (Fsp3) is 0.846. The van der Waals surface area contributed by atoms with Gasteiger partial charge < -0.3 is 5.11 Å². The molecule has 4 nitrogen and oxygen atoms in total. The molecule has 96 valence electrons. The van der Waals surface area contributed by atoms with Crippen molar-refractivity contribution in [2.45, 2.75) is 53.7 Å². The Morgan fingerprint density at radius 3 is 2.41 bits per heavy atom. The van der Waals surface area contributed by atoms with Gasteiger partial charge in [0.25, 0.3) is 0 Å². The van der Waals surface area contributed by atoms with Crippen LogP contribution < -0.4 is 0 Å². The van der Waals surface area contributed by atoms with E-state index in [1.54, 1.807) is 6.20 Å². The molecule has 0 radical (unpaired) electrons. The Morgan fingerprint density at radius 2 is 1.94 bits per heavy atom. The van der Waals surface area contributed by atoms with Gasteiger partial charge in [-0.2, -0.15) is 0 Å². The molecule has 1 aromatic rings. The van der Waals surface area contributed by atoms with Crippen LogP contribution in [0.25, 0.3) is 0 Å². The van der Waals surface area contributed by atoms with Crippen LogP contribution in [0.2, 0.25) is 0 Å². The third-order valence-corrected chi connectivity index (χ3v) is 4.83. The van der Waals surface area contributed by atoms with Crippen molar-refractivity contribution in [3.8, 4) is 0 Å². The average molecular weight is 237 g/mol. The number of hydrogen-bond acceptors (Lipinski definition) is 3. The Labute approximate surface area is 103 Å². The Bertz CT molecular complexity index is 395. The first-order valence-corrected chi connectivity index (χ1v) is 6.40. The van der Waals surface area contributed by atoms with Gasteiger partial charge in [-0.15, -0.1) is 5.10 Å². The fourth-order valence-corrected chi connectivity index (χ4v) is 3.09. The lowest BCUT2D eigenvalue weighted by molar-refractivity contribution is 0.120. The van der Waals surface area contributed by atoms with E-state index in [1.807, 2.05) is 4.68 Å². The van der Waals surface area contributed by atoms with Crippen LogP contribution in [-0.2, 0) is 6.54 Å². The van der Waals surface area contributed by atoms with Gasteiger partial charge in [0, 0.05) is 12.5 Å². The van der Waals surface area contributed by atoms with Crippen LogP contribution in [0, 0.1) is 16.7 Å². The highest BCUT2D eigenvalue weighted by molar-refractivity contribution is 5.19. The molecule has 1 fully saturated rings. The van der Waals surface area contributed by atoms with Crippen molar-refractivity contribution in [3.05, 3.63) is 11.9 Å². The van der Waals surface area contributed by atoms with E-state index in [-0.39, 0.29) is 16.7 Å². The van der Waals surface area contributed by atoms with Crippen LogP contribution in [0.1, 0.15) is 52.8 Å². The van der Waals surface area contributed by atoms with Crippen LogP contribution in [0.15, 0.2) is 6.20 Å². The summed E-state index contributed by atoms with van der Waals surface area (Å²) in [4.78, 5) is 0. The van der Waals surface area contributed by atoms with E-state index in [0.29, 0.717) is 0 Å². The smallest absolute Gasteiger partial charge is 0.101 e. The molecule has 1 heterocycles. The molecule has 0 aromatic carbocycles. The molecule has 17 heavy (non-hydrogen) atoms. The minimum Gasteiger partial charge on any atom is -0.386 e. The quantitative estimate of drug-likeness (QED) is 0.875. The van der Waals surface area contributed by atoms with Gasteiger partial charge in [-0.1, -0.05) is 39.8 Å². The molecular formula is C13H23N3O. The largest absolute Gasteiger partial charge is 0.386 e. The van der Waals surface area contributed by atoms with Gasteiger partial charge in [0.15, 0.2) is 0 Å². The van der Waals surface area contributed by atoms with E-state index in [9.17, 15) is 5.11 Å². The number of aliphatic hydroxyl groups excluding tert-OH is 1. The summed E-state index contributed by atoms with van der Waals surface area (Å²) in [6.45, 7) is 11.8. The Morgan fingerprint density at radius 1 is 1.35 bits per heavy atom. The predicted molar refractivity (Wildman–Crippen MR) is 66.3 cm³/mol. The maximum atomic E-state index is 10.5. The number of hydrogen-bond donors (Lipinski definition) is 1. The van der Waals surface area contributed by atoms with Gasteiger partial charge in [-0.3, -0.25) is 0 Å². The highest BCUT2D eigenvalue weighted by Crippen LogP contribution is 2.72. The highest BCUT2D eigenvalue weighted by atomic mass is 16.3. The average Bonchev–Trinajstić information content (AvgIpc) is 2.58. The second kappa shape index (κ2) is 3.80. The van der Waals surface area contributed by atoms with Crippen molar-refractivity contribution < 1.29 is 5.11 Å². The third-order valence-electron chi connectivity index (χ3n) is 4.83. The summed E-state index contributed by atoms with van der Waals surface area (Å²) in [6, 6.07) is 0. The van der Waals surface area contributed by atoms with Crippen LogP contribution in [0.5, 0.6) is 0 Å². The highest BCUT2D eigenvalue weighted by Gasteiger charge is 2.67. The molecule has 1 saturated carbocycles. The lowest BCUT2D eigenvalue weighted by Crippen LogP contribution is -2.13. The first-order valence-electron chi connectivity index (χ1n) is 6.40. The molecule has 0 spiro atoms. The first-order chi connectivity index (χ1) is 7.84. The molecule has 1 unspecified atom stereocenters. The molecule has 1 aliphatic carbocycles. The third kappa shape index (κ3) is 1.69. The minimum atomic E-state index is -0.457. The number of aliphatic hydroxyl groups is 1. The van der Waals surface area contributed by atoms with Crippen LogP contribution >= 0.6 is 0 Å². The Balaban J connectivity index is 2.22. The summed E-state index contributed by atoms with van der Waals surface area (Å²) < 4.78 is 1.83. The molecule has 2 rings (SSSR count). The summed E-state index contributed by atoms with van der Waals surface area (Å²) >= 11 is 0. The molecule has 1 N–H and O–H groups in total. The van der Waals surface area contributed by atoms with Gasteiger partial charge >= 0.3 is 0 Å².